The third-order valence-electron chi connectivity index (χ3n) is 4.53. The first-order valence-electron chi connectivity index (χ1n) is 8.60. The fraction of sp³-hybridized carbons (Fsp3) is 0.316. The molecule has 2 aromatic carbocycles. The summed E-state index contributed by atoms with van der Waals surface area (Å²) in [4.78, 5) is 14.1. The molecule has 0 bridgehead atoms. The smallest absolute Gasteiger partial charge is 0.337 e. The average molecular weight is 412 g/mol. The van der Waals surface area contributed by atoms with E-state index in [-0.39, 0.29) is 18.2 Å². The maximum atomic E-state index is 12.7. The molecular weight excluding hydrogens is 393 g/mol. The number of amides is 1. The van der Waals surface area contributed by atoms with Gasteiger partial charge in [-0.15, -0.1) is 0 Å². The summed E-state index contributed by atoms with van der Waals surface area (Å²) < 4.78 is 63.3. The van der Waals surface area contributed by atoms with Gasteiger partial charge in [0.1, 0.15) is 0 Å². The Morgan fingerprint density at radius 2 is 1.82 bits per heavy atom. The predicted molar refractivity (Wildman–Crippen MR) is 99.4 cm³/mol. The molecule has 1 aliphatic heterocycles. The van der Waals surface area contributed by atoms with Gasteiger partial charge in [-0.1, -0.05) is 18.2 Å². The summed E-state index contributed by atoms with van der Waals surface area (Å²) in [6, 6.07) is 11.0. The maximum Gasteiger partial charge on any atom is 0.416 e. The van der Waals surface area contributed by atoms with E-state index in [1.54, 1.807) is 25.2 Å². The first-order chi connectivity index (χ1) is 13.1. The van der Waals surface area contributed by atoms with E-state index in [1.807, 2.05) is 0 Å². The van der Waals surface area contributed by atoms with Crippen molar-refractivity contribution in [2.75, 3.05) is 23.7 Å². The molecule has 2 aromatic rings. The fourth-order valence-corrected chi connectivity index (χ4v) is 4.65. The molecule has 1 saturated heterocycles. The Labute approximate surface area is 161 Å². The highest BCUT2D eigenvalue weighted by molar-refractivity contribution is 7.93. The zero-order chi connectivity index (χ0) is 20.5. The van der Waals surface area contributed by atoms with E-state index in [9.17, 15) is 26.4 Å². The average Bonchev–Trinajstić information content (AvgIpc) is 3.00. The summed E-state index contributed by atoms with van der Waals surface area (Å²) >= 11 is 0. The van der Waals surface area contributed by atoms with Crippen LogP contribution in [0.5, 0.6) is 0 Å². The summed E-state index contributed by atoms with van der Waals surface area (Å²) in [6.45, 7) is 0.505. The number of alkyl halides is 3. The number of rotatable bonds is 4. The molecule has 1 amide bonds. The second-order valence-electron chi connectivity index (χ2n) is 6.65. The minimum Gasteiger partial charge on any atom is -0.337 e. The molecule has 9 heteroatoms. The quantitative estimate of drug-likeness (QED) is 0.772. The monoisotopic (exact) mass is 412 g/mol. The van der Waals surface area contributed by atoms with Crippen molar-refractivity contribution in [3.8, 4) is 0 Å². The Hall–Kier alpha value is -2.55. The van der Waals surface area contributed by atoms with Crippen molar-refractivity contribution >= 4 is 21.6 Å². The van der Waals surface area contributed by atoms with E-state index >= 15 is 0 Å². The Bertz CT molecular complexity index is 973. The van der Waals surface area contributed by atoms with Crippen LogP contribution in [0.1, 0.15) is 27.9 Å². The lowest BCUT2D eigenvalue weighted by molar-refractivity contribution is -0.137. The summed E-state index contributed by atoms with van der Waals surface area (Å²) in [5.41, 5.74) is 0.562. The molecule has 28 heavy (non-hydrogen) atoms. The summed E-state index contributed by atoms with van der Waals surface area (Å²) in [5, 5.41) is 0. The molecule has 1 fully saturated rings. The van der Waals surface area contributed by atoms with Crippen LogP contribution >= 0.6 is 0 Å². The van der Waals surface area contributed by atoms with Crippen LogP contribution in [-0.4, -0.2) is 38.6 Å². The minimum absolute atomic E-state index is 0.0823. The van der Waals surface area contributed by atoms with E-state index in [0.29, 0.717) is 29.8 Å². The van der Waals surface area contributed by atoms with Crippen molar-refractivity contribution in [1.82, 2.24) is 4.90 Å². The lowest BCUT2D eigenvalue weighted by Crippen LogP contribution is -2.28. The molecule has 1 heterocycles. The van der Waals surface area contributed by atoms with E-state index in [1.165, 1.54) is 27.4 Å². The molecular formula is C19H19F3N2O3S. The second kappa shape index (κ2) is 7.46. The number of halogens is 3. The van der Waals surface area contributed by atoms with Gasteiger partial charge in [0, 0.05) is 25.7 Å². The van der Waals surface area contributed by atoms with Crippen molar-refractivity contribution in [3.05, 3.63) is 65.2 Å². The fourth-order valence-electron chi connectivity index (χ4n) is 3.09. The first kappa shape index (κ1) is 20.2. The van der Waals surface area contributed by atoms with Gasteiger partial charge in [0.15, 0.2) is 0 Å². The molecule has 0 saturated carbocycles. The summed E-state index contributed by atoms with van der Waals surface area (Å²) in [7, 11) is -1.81. The molecule has 0 aliphatic carbocycles. The van der Waals surface area contributed by atoms with Gasteiger partial charge < -0.3 is 4.90 Å². The molecule has 150 valence electrons. The van der Waals surface area contributed by atoms with Gasteiger partial charge >= 0.3 is 6.18 Å². The largest absolute Gasteiger partial charge is 0.416 e. The van der Waals surface area contributed by atoms with Gasteiger partial charge in [-0.3, -0.25) is 9.10 Å². The molecule has 3 rings (SSSR count). The molecule has 0 N–H and O–H groups in total. The van der Waals surface area contributed by atoms with Gasteiger partial charge in [0.25, 0.3) is 5.91 Å². The van der Waals surface area contributed by atoms with Gasteiger partial charge in [-0.2, -0.15) is 13.2 Å². The summed E-state index contributed by atoms with van der Waals surface area (Å²) in [5.74, 6) is -0.266. The third-order valence-corrected chi connectivity index (χ3v) is 6.40. The predicted octanol–water partition coefficient (Wildman–Crippen LogP) is 3.52. The number of anilines is 1. The van der Waals surface area contributed by atoms with Crippen LogP contribution in [0.15, 0.2) is 48.5 Å². The normalized spacial score (nSPS) is 16.2. The number of sulfonamides is 1. The van der Waals surface area contributed by atoms with Gasteiger partial charge in [-0.05, 0) is 42.3 Å². The first-order valence-corrected chi connectivity index (χ1v) is 10.2. The van der Waals surface area contributed by atoms with Crippen molar-refractivity contribution in [1.29, 1.82) is 0 Å². The van der Waals surface area contributed by atoms with E-state index in [2.05, 4.69) is 0 Å². The zero-order valence-corrected chi connectivity index (χ0v) is 15.9. The second-order valence-corrected chi connectivity index (χ2v) is 8.66. The van der Waals surface area contributed by atoms with Crippen molar-refractivity contribution in [2.24, 2.45) is 0 Å². The van der Waals surface area contributed by atoms with Gasteiger partial charge in [0.2, 0.25) is 10.0 Å². The molecule has 0 spiro atoms. The van der Waals surface area contributed by atoms with Crippen LogP contribution in [0.25, 0.3) is 0 Å². The van der Waals surface area contributed by atoms with Crippen LogP contribution < -0.4 is 4.31 Å². The van der Waals surface area contributed by atoms with Gasteiger partial charge in [-0.25, -0.2) is 8.42 Å². The highest BCUT2D eigenvalue weighted by Gasteiger charge is 2.30. The Kier molecular flexibility index (Phi) is 5.38. The third kappa shape index (κ3) is 4.30. The number of carbonyl (C=O) groups is 1. The summed E-state index contributed by atoms with van der Waals surface area (Å²) in [6.07, 6.45) is -3.87. The van der Waals surface area contributed by atoms with Crippen LogP contribution in [0.3, 0.4) is 0 Å². The van der Waals surface area contributed by atoms with E-state index in [0.717, 1.165) is 12.1 Å². The van der Waals surface area contributed by atoms with E-state index in [4.69, 9.17) is 0 Å². The van der Waals surface area contributed by atoms with Gasteiger partial charge in [0.05, 0.1) is 17.0 Å². The number of hydrogen-bond donors (Lipinski definition) is 0. The molecule has 0 unspecified atom stereocenters. The molecule has 0 atom stereocenters. The topological polar surface area (TPSA) is 57.7 Å². The number of benzene rings is 2. The number of nitrogens with zero attached hydrogens (tertiary/aromatic N) is 2. The van der Waals surface area contributed by atoms with Crippen molar-refractivity contribution < 1.29 is 26.4 Å². The maximum absolute atomic E-state index is 12.7. The highest BCUT2D eigenvalue weighted by atomic mass is 32.2. The van der Waals surface area contributed by atoms with Crippen molar-refractivity contribution in [3.63, 3.8) is 0 Å². The number of carbonyl (C=O) groups excluding carboxylic acids is 1. The standard InChI is InChI=1S/C19H19F3N2O3S/c1-23(13-14-6-8-16(9-7-14)19(20,21)22)18(25)15-4-2-5-17(12-15)24-10-3-11-28(24,26)27/h2,4-9,12H,3,10-11,13H2,1H3. The molecule has 0 aromatic heterocycles. The van der Waals surface area contributed by atoms with E-state index < -0.39 is 21.8 Å². The van der Waals surface area contributed by atoms with Crippen molar-refractivity contribution in [2.45, 2.75) is 19.1 Å². The lowest BCUT2D eigenvalue weighted by atomic mass is 10.1. The van der Waals surface area contributed by atoms with Crippen LogP contribution in [-0.2, 0) is 22.7 Å². The Balaban J connectivity index is 1.74. The lowest BCUT2D eigenvalue weighted by Gasteiger charge is -2.20. The van der Waals surface area contributed by atoms with Crippen LogP contribution in [0.2, 0.25) is 0 Å². The Morgan fingerprint density at radius 1 is 1.14 bits per heavy atom. The SMILES string of the molecule is CN(Cc1ccc(C(F)(F)F)cc1)C(=O)c1cccc(N2CCCS2(=O)=O)c1. The Morgan fingerprint density at radius 3 is 2.39 bits per heavy atom. The minimum atomic E-state index is -4.41. The molecule has 5 nitrogen and oxygen atoms in total. The highest BCUT2D eigenvalue weighted by Crippen LogP contribution is 2.29. The molecule has 0 radical (unpaired) electrons. The van der Waals surface area contributed by atoms with Crippen LogP contribution in [0, 0.1) is 0 Å². The number of hydrogen-bond acceptors (Lipinski definition) is 3. The molecule has 1 aliphatic rings. The zero-order valence-electron chi connectivity index (χ0n) is 15.1. The van der Waals surface area contributed by atoms with Crippen LogP contribution in [0.4, 0.5) is 18.9 Å².